The van der Waals surface area contributed by atoms with Crippen molar-refractivity contribution in [3.8, 4) is 17.2 Å². The van der Waals surface area contributed by atoms with Gasteiger partial charge >= 0.3 is 5.69 Å². The molecule has 0 bridgehead atoms. The molecule has 11 nitrogen and oxygen atoms in total. The number of nitrogens with zero attached hydrogens (tertiary/aromatic N) is 4. The molecule has 1 heterocycles. The van der Waals surface area contributed by atoms with Crippen molar-refractivity contribution in [3.63, 3.8) is 0 Å². The van der Waals surface area contributed by atoms with E-state index in [1.54, 1.807) is 29.2 Å². The van der Waals surface area contributed by atoms with E-state index < -0.39 is 21.2 Å². The number of nitro benzene ring substituents is 2. The first kappa shape index (κ1) is 23.7. The molecule has 2 aromatic carbocycles. The third-order valence-corrected chi connectivity index (χ3v) is 5.60. The minimum atomic E-state index is -0.758. The Morgan fingerprint density at radius 2 is 1.79 bits per heavy atom. The van der Waals surface area contributed by atoms with Crippen LogP contribution >= 0.6 is 11.8 Å². The highest BCUT2D eigenvalue weighted by Crippen LogP contribution is 2.39. The largest absolute Gasteiger partial charge is 0.493 e. The molecular weight excluding hydrogens is 452 g/mol. The monoisotopic (exact) mass is 472 g/mol. The van der Waals surface area contributed by atoms with Gasteiger partial charge in [0.05, 0.1) is 27.9 Å². The average Bonchev–Trinajstić information content (AvgIpc) is 3.08. The average molecular weight is 472 g/mol. The van der Waals surface area contributed by atoms with Crippen molar-refractivity contribution in [1.29, 1.82) is 0 Å². The van der Waals surface area contributed by atoms with Gasteiger partial charge in [-0.05, 0) is 55.4 Å². The summed E-state index contributed by atoms with van der Waals surface area (Å²) in [5.74, 6) is 0.124. The Labute approximate surface area is 193 Å². The van der Waals surface area contributed by atoms with Crippen LogP contribution in [0.3, 0.4) is 0 Å². The van der Waals surface area contributed by atoms with E-state index >= 15 is 0 Å². The fourth-order valence-corrected chi connectivity index (χ4v) is 4.12. The van der Waals surface area contributed by atoms with Gasteiger partial charge in [-0.25, -0.2) is 0 Å². The quantitative estimate of drug-likeness (QED) is 0.308. The molecule has 1 saturated heterocycles. The zero-order valence-electron chi connectivity index (χ0n) is 18.0. The number of rotatable bonds is 8. The van der Waals surface area contributed by atoms with Crippen LogP contribution in [0.25, 0.3) is 6.08 Å². The van der Waals surface area contributed by atoms with Crippen molar-refractivity contribution in [2.24, 2.45) is 4.99 Å². The summed E-state index contributed by atoms with van der Waals surface area (Å²) in [6.45, 7) is 4.84. The predicted octanol–water partition coefficient (Wildman–Crippen LogP) is 4.62. The smallest absolute Gasteiger partial charge is 0.318 e. The lowest BCUT2D eigenvalue weighted by Crippen LogP contribution is -2.28. The van der Waals surface area contributed by atoms with Gasteiger partial charge in [-0.15, -0.1) is 0 Å². The van der Waals surface area contributed by atoms with Crippen LogP contribution < -0.4 is 9.47 Å². The number of ether oxygens (including phenoxy) is 2. The number of thioether (sulfide) groups is 1. The molecule has 2 aromatic rings. The van der Waals surface area contributed by atoms with E-state index in [0.717, 1.165) is 18.2 Å². The number of hydrogen-bond donors (Lipinski definition) is 0. The minimum absolute atomic E-state index is 0.143. The van der Waals surface area contributed by atoms with Gasteiger partial charge in [0, 0.05) is 19.2 Å². The molecule has 0 saturated carbocycles. The number of methoxy groups -OCH3 is 1. The van der Waals surface area contributed by atoms with E-state index in [0.29, 0.717) is 28.7 Å². The van der Waals surface area contributed by atoms with E-state index in [2.05, 4.69) is 4.99 Å². The van der Waals surface area contributed by atoms with E-state index in [4.69, 9.17) is 9.47 Å². The Hall–Kier alpha value is -3.93. The fraction of sp³-hybridized carbons (Fsp3) is 0.238. The van der Waals surface area contributed by atoms with Gasteiger partial charge in [-0.3, -0.25) is 34.9 Å². The highest BCUT2D eigenvalue weighted by atomic mass is 32.2. The number of nitro groups is 2. The van der Waals surface area contributed by atoms with Gasteiger partial charge < -0.3 is 9.47 Å². The topological polar surface area (TPSA) is 137 Å². The van der Waals surface area contributed by atoms with Crippen LogP contribution in [0.15, 0.2) is 46.3 Å². The maximum Gasteiger partial charge on any atom is 0.318 e. The lowest BCUT2D eigenvalue weighted by Gasteiger charge is -2.12. The van der Waals surface area contributed by atoms with Crippen LogP contribution in [0.4, 0.5) is 11.4 Å². The van der Waals surface area contributed by atoms with E-state index in [9.17, 15) is 25.0 Å². The van der Waals surface area contributed by atoms with Gasteiger partial charge in [0.2, 0.25) is 5.75 Å². The minimum Gasteiger partial charge on any atom is -0.493 e. The number of aliphatic imine (C=N–C) groups is 1. The molecule has 12 heteroatoms. The number of amides is 1. The van der Waals surface area contributed by atoms with Crippen LogP contribution in [0, 0.1) is 20.2 Å². The summed E-state index contributed by atoms with van der Waals surface area (Å²) in [6.07, 6.45) is 1.70. The third kappa shape index (κ3) is 5.12. The SMILES string of the molecule is CCN=C1S/C(=C/c2ccc(Oc3ccc([N+](=O)[O-])cc3[N+](=O)[O-])c(OC)c2)C(=O)N1CC. The summed E-state index contributed by atoms with van der Waals surface area (Å²) < 4.78 is 11.0. The Bertz CT molecular complexity index is 1180. The van der Waals surface area contributed by atoms with Gasteiger partial charge in [0.1, 0.15) is 0 Å². The molecule has 1 aliphatic rings. The van der Waals surface area contributed by atoms with E-state index in [-0.39, 0.29) is 23.2 Å². The number of amidine groups is 1. The van der Waals surface area contributed by atoms with Crippen LogP contribution in [-0.2, 0) is 4.79 Å². The molecule has 0 radical (unpaired) electrons. The Morgan fingerprint density at radius 1 is 1.06 bits per heavy atom. The molecule has 0 spiro atoms. The van der Waals surface area contributed by atoms with Crippen molar-refractivity contribution in [2.75, 3.05) is 20.2 Å². The van der Waals surface area contributed by atoms with Crippen LogP contribution in [0.1, 0.15) is 19.4 Å². The standard InChI is InChI=1S/C21H20N4O7S/c1-4-22-21-23(5-2)20(26)19(33-21)11-13-6-8-17(18(10-13)31-3)32-16-9-7-14(24(27)28)12-15(16)25(29)30/h6-12H,4-5H2,1-3H3/b19-11+,22-21?. The fourth-order valence-electron chi connectivity index (χ4n) is 3.02. The maximum absolute atomic E-state index is 12.7. The van der Waals surface area contributed by atoms with Gasteiger partial charge in [-0.2, -0.15) is 0 Å². The lowest BCUT2D eigenvalue weighted by atomic mass is 10.1. The first-order chi connectivity index (χ1) is 15.8. The van der Waals surface area contributed by atoms with E-state index in [1.807, 2.05) is 13.8 Å². The second kappa shape index (κ2) is 10.1. The van der Waals surface area contributed by atoms with Crippen molar-refractivity contribution >= 4 is 40.3 Å². The second-order valence-corrected chi connectivity index (χ2v) is 7.60. The first-order valence-corrected chi connectivity index (χ1v) is 10.6. The van der Waals surface area contributed by atoms with Crippen molar-refractivity contribution in [1.82, 2.24) is 4.90 Å². The molecule has 0 aromatic heterocycles. The summed E-state index contributed by atoms with van der Waals surface area (Å²) in [4.78, 5) is 39.9. The summed E-state index contributed by atoms with van der Waals surface area (Å²) in [5, 5.41) is 22.9. The van der Waals surface area contributed by atoms with Crippen molar-refractivity contribution < 1.29 is 24.1 Å². The normalized spacial score (nSPS) is 15.8. The molecule has 1 amide bonds. The Morgan fingerprint density at radius 3 is 2.39 bits per heavy atom. The summed E-state index contributed by atoms with van der Waals surface area (Å²) >= 11 is 1.29. The van der Waals surface area contributed by atoms with Crippen molar-refractivity contribution in [2.45, 2.75) is 13.8 Å². The zero-order chi connectivity index (χ0) is 24.1. The zero-order valence-corrected chi connectivity index (χ0v) is 18.8. The molecule has 172 valence electrons. The third-order valence-electron chi connectivity index (χ3n) is 4.55. The first-order valence-electron chi connectivity index (χ1n) is 9.83. The van der Waals surface area contributed by atoms with Crippen LogP contribution in [-0.4, -0.2) is 46.0 Å². The number of hydrogen-bond acceptors (Lipinski definition) is 9. The lowest BCUT2D eigenvalue weighted by molar-refractivity contribution is -0.394. The molecular formula is C21H20N4O7S. The molecule has 0 N–H and O–H groups in total. The second-order valence-electron chi connectivity index (χ2n) is 6.60. The number of non-ortho nitro benzene ring substituents is 1. The number of carbonyl (C=O) groups excluding carboxylic acids is 1. The molecule has 33 heavy (non-hydrogen) atoms. The van der Waals surface area contributed by atoms with Gasteiger partial charge in [0.25, 0.3) is 11.6 Å². The van der Waals surface area contributed by atoms with E-state index in [1.165, 1.54) is 18.9 Å². The molecule has 0 unspecified atom stereocenters. The van der Waals surface area contributed by atoms with Gasteiger partial charge in [-0.1, -0.05) is 6.07 Å². The Balaban J connectivity index is 1.92. The highest BCUT2D eigenvalue weighted by molar-refractivity contribution is 8.18. The number of benzene rings is 2. The van der Waals surface area contributed by atoms with Gasteiger partial charge in [0.15, 0.2) is 16.7 Å². The number of carbonyl (C=O) groups is 1. The van der Waals surface area contributed by atoms with Crippen LogP contribution in [0.2, 0.25) is 0 Å². The van der Waals surface area contributed by atoms with Crippen LogP contribution in [0.5, 0.6) is 17.2 Å². The molecule has 1 fully saturated rings. The molecule has 0 atom stereocenters. The molecule has 1 aliphatic heterocycles. The summed E-state index contributed by atoms with van der Waals surface area (Å²) in [5.41, 5.74) is -0.316. The Kier molecular flexibility index (Phi) is 7.28. The highest BCUT2D eigenvalue weighted by Gasteiger charge is 2.32. The molecule has 0 aliphatic carbocycles. The predicted molar refractivity (Wildman–Crippen MR) is 124 cm³/mol. The summed E-state index contributed by atoms with van der Waals surface area (Å²) in [7, 11) is 1.41. The summed E-state index contributed by atoms with van der Waals surface area (Å²) in [6, 6.07) is 7.94. The maximum atomic E-state index is 12.7. The molecule has 3 rings (SSSR count). The van der Waals surface area contributed by atoms with Crippen molar-refractivity contribution in [3.05, 3.63) is 67.1 Å². The number of likely N-dealkylation sites (N-methyl/N-ethyl adjacent to an activating group) is 1.